The molecule has 2 heterocycles. The van der Waals surface area contributed by atoms with Crippen LogP contribution in [0.4, 0.5) is 0 Å². The van der Waals surface area contributed by atoms with E-state index >= 15 is 0 Å². The fourth-order valence-corrected chi connectivity index (χ4v) is 2.31. The number of amides is 1. The van der Waals surface area contributed by atoms with Crippen LogP contribution >= 0.6 is 0 Å². The van der Waals surface area contributed by atoms with Gasteiger partial charge in [-0.2, -0.15) is 0 Å². The molecule has 2 aliphatic rings. The van der Waals surface area contributed by atoms with E-state index in [0.29, 0.717) is 13.2 Å². The van der Waals surface area contributed by atoms with Gasteiger partial charge in [0.05, 0.1) is 12.6 Å². The summed E-state index contributed by atoms with van der Waals surface area (Å²) >= 11 is 0. The van der Waals surface area contributed by atoms with Crippen LogP contribution < -0.4 is 20.1 Å². The van der Waals surface area contributed by atoms with Gasteiger partial charge >= 0.3 is 0 Å². The van der Waals surface area contributed by atoms with E-state index in [4.69, 9.17) is 14.2 Å². The second-order valence-corrected chi connectivity index (χ2v) is 4.91. The van der Waals surface area contributed by atoms with E-state index in [1.165, 1.54) is 0 Å². The Labute approximate surface area is 117 Å². The van der Waals surface area contributed by atoms with Crippen molar-refractivity contribution in [1.82, 2.24) is 10.6 Å². The standard InChI is InChI=1S/C14H18N2O4/c1-9(16-14(17)13-7-15-4-5-18-13)10-2-3-11-12(6-10)20-8-19-11/h2-3,6,9,13,15H,4-5,7-8H2,1H3,(H,16,17). The molecule has 1 fully saturated rings. The van der Waals surface area contributed by atoms with Gasteiger partial charge in [-0.3, -0.25) is 4.79 Å². The van der Waals surface area contributed by atoms with Crippen LogP contribution in [0.15, 0.2) is 18.2 Å². The Kier molecular flexibility index (Phi) is 3.75. The summed E-state index contributed by atoms with van der Waals surface area (Å²) in [5, 5.41) is 6.10. The number of benzene rings is 1. The van der Waals surface area contributed by atoms with Crippen LogP contribution in [-0.4, -0.2) is 38.5 Å². The van der Waals surface area contributed by atoms with Crippen molar-refractivity contribution in [2.45, 2.75) is 19.1 Å². The van der Waals surface area contributed by atoms with Gasteiger partial charge in [0.25, 0.3) is 5.91 Å². The lowest BCUT2D eigenvalue weighted by Gasteiger charge is -2.24. The molecule has 1 amide bonds. The van der Waals surface area contributed by atoms with Crippen molar-refractivity contribution in [1.29, 1.82) is 0 Å². The smallest absolute Gasteiger partial charge is 0.250 e. The Balaban J connectivity index is 1.63. The van der Waals surface area contributed by atoms with Crippen molar-refractivity contribution in [3.63, 3.8) is 0 Å². The minimum absolute atomic E-state index is 0.0950. The average molecular weight is 278 g/mol. The number of morpholine rings is 1. The summed E-state index contributed by atoms with van der Waals surface area (Å²) in [5.41, 5.74) is 0.978. The highest BCUT2D eigenvalue weighted by atomic mass is 16.7. The zero-order chi connectivity index (χ0) is 13.9. The Morgan fingerprint density at radius 3 is 3.05 bits per heavy atom. The fraction of sp³-hybridized carbons (Fsp3) is 0.500. The van der Waals surface area contributed by atoms with Crippen molar-refractivity contribution < 1.29 is 19.0 Å². The van der Waals surface area contributed by atoms with E-state index in [-0.39, 0.29) is 18.7 Å². The van der Waals surface area contributed by atoms with Crippen molar-refractivity contribution in [2.24, 2.45) is 0 Å². The number of fused-ring (bicyclic) bond motifs is 1. The molecule has 1 aromatic rings. The summed E-state index contributed by atoms with van der Waals surface area (Å²) in [5.74, 6) is 1.37. The van der Waals surface area contributed by atoms with Gasteiger partial charge in [0.15, 0.2) is 11.5 Å². The van der Waals surface area contributed by atoms with Crippen LogP contribution in [0.3, 0.4) is 0 Å². The number of rotatable bonds is 3. The molecule has 1 saturated heterocycles. The van der Waals surface area contributed by atoms with Crippen molar-refractivity contribution in [3.8, 4) is 11.5 Å². The highest BCUT2D eigenvalue weighted by Gasteiger charge is 2.24. The monoisotopic (exact) mass is 278 g/mol. The zero-order valence-corrected chi connectivity index (χ0v) is 11.3. The molecule has 3 rings (SSSR count). The number of carbonyl (C=O) groups excluding carboxylic acids is 1. The molecular weight excluding hydrogens is 260 g/mol. The van der Waals surface area contributed by atoms with E-state index in [9.17, 15) is 4.79 Å². The average Bonchev–Trinajstić information content (AvgIpc) is 2.95. The Morgan fingerprint density at radius 2 is 2.25 bits per heavy atom. The summed E-state index contributed by atoms with van der Waals surface area (Å²) in [6.07, 6.45) is -0.416. The topological polar surface area (TPSA) is 68.8 Å². The summed E-state index contributed by atoms with van der Waals surface area (Å²) in [6, 6.07) is 5.58. The van der Waals surface area contributed by atoms with Crippen molar-refractivity contribution >= 4 is 5.91 Å². The summed E-state index contributed by atoms with van der Waals surface area (Å²) in [7, 11) is 0. The molecule has 0 aromatic heterocycles. The lowest BCUT2D eigenvalue weighted by atomic mass is 10.1. The molecule has 2 atom stereocenters. The van der Waals surface area contributed by atoms with Crippen LogP contribution in [0, 0.1) is 0 Å². The minimum atomic E-state index is -0.416. The zero-order valence-electron chi connectivity index (χ0n) is 11.3. The first-order chi connectivity index (χ1) is 9.74. The predicted octanol–water partition coefficient (Wildman–Crippen LogP) is 0.581. The molecule has 0 aliphatic carbocycles. The minimum Gasteiger partial charge on any atom is -0.454 e. The van der Waals surface area contributed by atoms with Gasteiger partial charge in [-0.15, -0.1) is 0 Å². The predicted molar refractivity (Wildman–Crippen MR) is 71.7 cm³/mol. The van der Waals surface area contributed by atoms with Gasteiger partial charge in [-0.25, -0.2) is 0 Å². The molecule has 0 spiro atoms. The third-order valence-corrected chi connectivity index (χ3v) is 3.48. The summed E-state index contributed by atoms with van der Waals surface area (Å²) < 4.78 is 16.0. The lowest BCUT2D eigenvalue weighted by Crippen LogP contribution is -2.48. The molecular formula is C14H18N2O4. The number of nitrogens with one attached hydrogen (secondary N) is 2. The molecule has 20 heavy (non-hydrogen) atoms. The van der Waals surface area contributed by atoms with Crippen LogP contribution in [0.2, 0.25) is 0 Å². The van der Waals surface area contributed by atoms with E-state index in [0.717, 1.165) is 23.6 Å². The fourth-order valence-electron chi connectivity index (χ4n) is 2.31. The quantitative estimate of drug-likeness (QED) is 0.846. The van der Waals surface area contributed by atoms with Gasteiger partial charge in [-0.05, 0) is 24.6 Å². The second-order valence-electron chi connectivity index (χ2n) is 4.91. The van der Waals surface area contributed by atoms with Crippen molar-refractivity contribution in [2.75, 3.05) is 26.5 Å². The Bertz CT molecular complexity index is 500. The van der Waals surface area contributed by atoms with Gasteiger partial charge in [-0.1, -0.05) is 6.07 Å². The number of ether oxygens (including phenoxy) is 3. The Morgan fingerprint density at radius 1 is 1.40 bits per heavy atom. The summed E-state index contributed by atoms with van der Waals surface area (Å²) in [6.45, 7) is 4.10. The van der Waals surface area contributed by atoms with Gasteiger partial charge in [0.2, 0.25) is 6.79 Å². The summed E-state index contributed by atoms with van der Waals surface area (Å²) in [4.78, 5) is 12.1. The van der Waals surface area contributed by atoms with Crippen LogP contribution in [0.5, 0.6) is 11.5 Å². The SMILES string of the molecule is CC(NC(=O)C1CNCCO1)c1ccc2c(c1)OCO2. The van der Waals surface area contributed by atoms with Crippen LogP contribution in [-0.2, 0) is 9.53 Å². The first-order valence-corrected chi connectivity index (χ1v) is 6.76. The first kappa shape index (κ1) is 13.2. The molecule has 6 heteroatoms. The van der Waals surface area contributed by atoms with Gasteiger partial charge in [0, 0.05) is 13.1 Å². The number of carbonyl (C=O) groups is 1. The Hall–Kier alpha value is -1.79. The molecule has 2 unspecified atom stereocenters. The highest BCUT2D eigenvalue weighted by molar-refractivity contribution is 5.81. The van der Waals surface area contributed by atoms with Crippen LogP contribution in [0.25, 0.3) is 0 Å². The van der Waals surface area contributed by atoms with Gasteiger partial charge in [0.1, 0.15) is 6.10 Å². The molecule has 1 aromatic carbocycles. The molecule has 2 aliphatic heterocycles. The van der Waals surface area contributed by atoms with Crippen molar-refractivity contribution in [3.05, 3.63) is 23.8 Å². The normalized spacial score (nSPS) is 22.4. The molecule has 2 N–H and O–H groups in total. The van der Waals surface area contributed by atoms with Crippen LogP contribution in [0.1, 0.15) is 18.5 Å². The first-order valence-electron chi connectivity index (χ1n) is 6.76. The maximum atomic E-state index is 12.1. The van der Waals surface area contributed by atoms with E-state index in [2.05, 4.69) is 10.6 Å². The molecule has 0 saturated carbocycles. The second kappa shape index (κ2) is 5.68. The van der Waals surface area contributed by atoms with Gasteiger partial charge < -0.3 is 24.8 Å². The maximum absolute atomic E-state index is 12.1. The molecule has 6 nitrogen and oxygen atoms in total. The maximum Gasteiger partial charge on any atom is 0.250 e. The molecule has 0 bridgehead atoms. The number of hydrogen-bond acceptors (Lipinski definition) is 5. The largest absolute Gasteiger partial charge is 0.454 e. The third kappa shape index (κ3) is 2.71. The lowest BCUT2D eigenvalue weighted by molar-refractivity contribution is -0.134. The van der Waals surface area contributed by atoms with E-state index in [1.807, 2.05) is 25.1 Å². The highest BCUT2D eigenvalue weighted by Crippen LogP contribution is 2.34. The number of hydrogen-bond donors (Lipinski definition) is 2. The molecule has 0 radical (unpaired) electrons. The third-order valence-electron chi connectivity index (χ3n) is 3.48. The van der Waals surface area contributed by atoms with E-state index in [1.54, 1.807) is 0 Å². The molecule has 108 valence electrons. The van der Waals surface area contributed by atoms with E-state index < -0.39 is 6.10 Å².